The van der Waals surface area contributed by atoms with Gasteiger partial charge in [0.1, 0.15) is 0 Å². The van der Waals surface area contributed by atoms with Crippen molar-refractivity contribution in [2.75, 3.05) is 0 Å². The zero-order valence-electron chi connectivity index (χ0n) is 10.4. The van der Waals surface area contributed by atoms with E-state index in [-0.39, 0.29) is 6.04 Å². The van der Waals surface area contributed by atoms with E-state index in [1.54, 1.807) is 30.3 Å². The van der Waals surface area contributed by atoms with Crippen LogP contribution in [0.3, 0.4) is 0 Å². The molecule has 0 aliphatic heterocycles. The van der Waals surface area contributed by atoms with Crippen LogP contribution >= 0.6 is 0 Å². The monoisotopic (exact) mass is 260 g/mol. The molecule has 3 N–H and O–H groups in total. The Bertz CT molecular complexity index is 477. The number of nitrogens with one attached hydrogen (secondary N) is 2. The number of aliphatic carboxylic acids is 1. The first-order valence-corrected chi connectivity index (χ1v) is 6.16. The average molecular weight is 260 g/mol. The number of urea groups is 1. The fraction of sp³-hybridized carbons (Fsp3) is 0.286. The minimum absolute atomic E-state index is 0.0604. The third kappa shape index (κ3) is 3.58. The summed E-state index contributed by atoms with van der Waals surface area (Å²) in [6.45, 7) is 0. The first kappa shape index (κ1) is 13.1. The molecule has 1 atom stereocenters. The summed E-state index contributed by atoms with van der Waals surface area (Å²) in [5.41, 5.74) is 0.551. The number of carbonyl (C=O) groups is 2. The molecule has 0 aromatic heterocycles. The number of rotatable bonds is 4. The van der Waals surface area contributed by atoms with Gasteiger partial charge in [-0.1, -0.05) is 42.5 Å². The van der Waals surface area contributed by atoms with Gasteiger partial charge < -0.3 is 15.7 Å². The average Bonchev–Trinajstić information content (AvgIpc) is 2.89. The largest absolute Gasteiger partial charge is 0.479 e. The van der Waals surface area contributed by atoms with Gasteiger partial charge in [-0.05, 0) is 18.4 Å². The fourth-order valence-electron chi connectivity index (χ4n) is 2.03. The van der Waals surface area contributed by atoms with Gasteiger partial charge in [-0.2, -0.15) is 0 Å². The highest BCUT2D eigenvalue weighted by Crippen LogP contribution is 2.13. The summed E-state index contributed by atoms with van der Waals surface area (Å²) in [7, 11) is 0. The SMILES string of the molecule is O=C(NC1CC=CC1)NC(C(=O)O)c1ccccc1. The van der Waals surface area contributed by atoms with Crippen molar-refractivity contribution in [3.8, 4) is 0 Å². The maximum Gasteiger partial charge on any atom is 0.330 e. The van der Waals surface area contributed by atoms with Gasteiger partial charge in [-0.3, -0.25) is 0 Å². The van der Waals surface area contributed by atoms with E-state index in [2.05, 4.69) is 10.6 Å². The van der Waals surface area contributed by atoms with Crippen molar-refractivity contribution in [3.63, 3.8) is 0 Å². The first-order chi connectivity index (χ1) is 9.16. The molecule has 0 radical (unpaired) electrons. The van der Waals surface area contributed by atoms with Gasteiger partial charge in [0.2, 0.25) is 0 Å². The van der Waals surface area contributed by atoms with Crippen LogP contribution in [-0.4, -0.2) is 23.1 Å². The van der Waals surface area contributed by atoms with E-state index >= 15 is 0 Å². The van der Waals surface area contributed by atoms with Crippen LogP contribution in [-0.2, 0) is 4.79 Å². The van der Waals surface area contributed by atoms with E-state index in [4.69, 9.17) is 0 Å². The number of hydrogen-bond donors (Lipinski definition) is 3. The van der Waals surface area contributed by atoms with E-state index < -0.39 is 18.0 Å². The molecule has 0 heterocycles. The lowest BCUT2D eigenvalue weighted by Gasteiger charge is -2.18. The molecule has 5 nitrogen and oxygen atoms in total. The lowest BCUT2D eigenvalue weighted by atomic mass is 10.1. The van der Waals surface area contributed by atoms with Gasteiger partial charge in [-0.25, -0.2) is 9.59 Å². The molecule has 1 aliphatic carbocycles. The maximum absolute atomic E-state index is 11.8. The summed E-state index contributed by atoms with van der Waals surface area (Å²) in [5, 5.41) is 14.4. The Morgan fingerprint density at radius 1 is 1.16 bits per heavy atom. The molecule has 100 valence electrons. The quantitative estimate of drug-likeness (QED) is 0.723. The predicted octanol–water partition coefficient (Wildman–Crippen LogP) is 1.83. The zero-order valence-corrected chi connectivity index (χ0v) is 10.4. The molecule has 1 unspecified atom stereocenters. The van der Waals surface area contributed by atoms with E-state index in [0.717, 1.165) is 12.8 Å². The molecule has 0 saturated carbocycles. The Morgan fingerprint density at radius 3 is 2.37 bits per heavy atom. The maximum atomic E-state index is 11.8. The van der Waals surface area contributed by atoms with Gasteiger partial charge in [0, 0.05) is 6.04 Å². The Kier molecular flexibility index (Phi) is 4.18. The van der Waals surface area contributed by atoms with Crippen LogP contribution in [0.2, 0.25) is 0 Å². The van der Waals surface area contributed by atoms with E-state index in [9.17, 15) is 14.7 Å². The Morgan fingerprint density at radius 2 is 1.79 bits per heavy atom. The smallest absolute Gasteiger partial charge is 0.330 e. The van der Waals surface area contributed by atoms with Gasteiger partial charge in [-0.15, -0.1) is 0 Å². The number of carboxylic acid groups (broad SMARTS) is 1. The molecule has 5 heteroatoms. The summed E-state index contributed by atoms with van der Waals surface area (Å²) in [6.07, 6.45) is 5.57. The van der Waals surface area contributed by atoms with Crippen molar-refractivity contribution < 1.29 is 14.7 Å². The van der Waals surface area contributed by atoms with Crippen molar-refractivity contribution in [2.24, 2.45) is 0 Å². The van der Waals surface area contributed by atoms with Crippen molar-refractivity contribution in [1.29, 1.82) is 0 Å². The van der Waals surface area contributed by atoms with Crippen LogP contribution in [0.15, 0.2) is 42.5 Å². The van der Waals surface area contributed by atoms with Gasteiger partial charge in [0.05, 0.1) is 0 Å². The minimum Gasteiger partial charge on any atom is -0.479 e. The molecule has 1 aromatic rings. The highest BCUT2D eigenvalue weighted by molar-refractivity contribution is 5.83. The summed E-state index contributed by atoms with van der Waals surface area (Å²) in [5.74, 6) is -1.08. The predicted molar refractivity (Wildman–Crippen MR) is 70.6 cm³/mol. The summed E-state index contributed by atoms with van der Waals surface area (Å²) in [4.78, 5) is 23.0. The number of benzene rings is 1. The molecule has 1 aromatic carbocycles. The van der Waals surface area contributed by atoms with E-state index in [1.165, 1.54) is 0 Å². The third-order valence-corrected chi connectivity index (χ3v) is 3.00. The van der Waals surface area contributed by atoms with Crippen molar-refractivity contribution in [1.82, 2.24) is 10.6 Å². The fourth-order valence-corrected chi connectivity index (χ4v) is 2.03. The summed E-state index contributed by atoms with van der Waals surface area (Å²) >= 11 is 0. The second-order valence-corrected chi connectivity index (χ2v) is 4.44. The normalized spacial score (nSPS) is 16.0. The van der Waals surface area contributed by atoms with Crippen LogP contribution in [0, 0.1) is 0 Å². The number of carbonyl (C=O) groups excluding carboxylic acids is 1. The van der Waals surface area contributed by atoms with Gasteiger partial charge in [0.25, 0.3) is 0 Å². The number of carboxylic acids is 1. The zero-order chi connectivity index (χ0) is 13.7. The van der Waals surface area contributed by atoms with Gasteiger partial charge >= 0.3 is 12.0 Å². The molecule has 1 aliphatic rings. The Balaban J connectivity index is 1.97. The topological polar surface area (TPSA) is 78.4 Å². The Hall–Kier alpha value is -2.30. The number of amides is 2. The van der Waals surface area contributed by atoms with Crippen LogP contribution in [0.25, 0.3) is 0 Å². The van der Waals surface area contributed by atoms with Crippen LogP contribution in [0.1, 0.15) is 24.4 Å². The van der Waals surface area contributed by atoms with Crippen LogP contribution in [0.4, 0.5) is 4.79 Å². The van der Waals surface area contributed by atoms with Crippen molar-refractivity contribution in [3.05, 3.63) is 48.0 Å². The molecule has 0 spiro atoms. The first-order valence-electron chi connectivity index (χ1n) is 6.16. The van der Waals surface area contributed by atoms with Crippen molar-refractivity contribution >= 4 is 12.0 Å². The lowest BCUT2D eigenvalue weighted by molar-refractivity contribution is -0.139. The van der Waals surface area contributed by atoms with E-state index in [0.29, 0.717) is 5.56 Å². The molecule has 2 rings (SSSR count). The molecule has 0 fully saturated rings. The second-order valence-electron chi connectivity index (χ2n) is 4.44. The standard InChI is InChI=1S/C14H16N2O3/c17-13(18)12(10-6-2-1-3-7-10)16-14(19)15-11-8-4-5-9-11/h1-7,11-12H,8-9H2,(H,17,18)(H2,15,16,19). The molecular weight excluding hydrogens is 244 g/mol. The molecule has 19 heavy (non-hydrogen) atoms. The van der Waals surface area contributed by atoms with Crippen LogP contribution < -0.4 is 10.6 Å². The summed E-state index contributed by atoms with van der Waals surface area (Å²) in [6, 6.07) is 7.21. The highest BCUT2D eigenvalue weighted by atomic mass is 16.4. The minimum atomic E-state index is -1.08. The summed E-state index contributed by atoms with van der Waals surface area (Å²) < 4.78 is 0. The van der Waals surface area contributed by atoms with Crippen LogP contribution in [0.5, 0.6) is 0 Å². The second kappa shape index (κ2) is 6.04. The lowest BCUT2D eigenvalue weighted by Crippen LogP contribution is -2.44. The van der Waals surface area contributed by atoms with E-state index in [1.807, 2.05) is 12.2 Å². The molecular formula is C14H16N2O3. The molecule has 2 amide bonds. The third-order valence-electron chi connectivity index (χ3n) is 3.00. The molecule has 0 bridgehead atoms. The molecule has 0 saturated heterocycles. The Labute approximate surface area is 111 Å². The van der Waals surface area contributed by atoms with Crippen molar-refractivity contribution in [2.45, 2.75) is 24.9 Å². The highest BCUT2D eigenvalue weighted by Gasteiger charge is 2.23. The number of hydrogen-bond acceptors (Lipinski definition) is 2. The van der Waals surface area contributed by atoms with Gasteiger partial charge in [0.15, 0.2) is 6.04 Å².